The van der Waals surface area contributed by atoms with Gasteiger partial charge in [-0.1, -0.05) is 0 Å². The minimum Gasteiger partial charge on any atom is -0.374 e. The Kier molecular flexibility index (Phi) is 5.39. The molecule has 0 fully saturated rings. The zero-order valence-corrected chi connectivity index (χ0v) is 17.7. The summed E-state index contributed by atoms with van der Waals surface area (Å²) in [5, 5.41) is 10.1. The Morgan fingerprint density at radius 2 is 1.82 bits per heavy atom. The van der Waals surface area contributed by atoms with Crippen LogP contribution in [0, 0.1) is 5.82 Å². The van der Waals surface area contributed by atoms with E-state index in [9.17, 15) is 32.3 Å². The van der Waals surface area contributed by atoms with Gasteiger partial charge in [0.2, 0.25) is 5.60 Å². The minimum atomic E-state index is -4.92. The molecule has 3 heterocycles. The molecule has 7 nitrogen and oxygen atoms in total. The van der Waals surface area contributed by atoms with E-state index >= 15 is 0 Å². The van der Waals surface area contributed by atoms with Gasteiger partial charge in [-0.15, -0.1) is 0 Å². The molecule has 4 rings (SSSR count). The molecule has 2 aromatic heterocycles. The molecular weight excluding hydrogens is 444 g/mol. The summed E-state index contributed by atoms with van der Waals surface area (Å²) in [5.41, 5.74) is -2.66. The van der Waals surface area contributed by atoms with Crippen molar-refractivity contribution in [3.63, 3.8) is 0 Å². The second kappa shape index (κ2) is 7.84. The first-order valence-corrected chi connectivity index (χ1v) is 10.0. The predicted molar refractivity (Wildman–Crippen MR) is 109 cm³/mol. The molecule has 11 heteroatoms. The molecule has 0 aliphatic carbocycles. The van der Waals surface area contributed by atoms with E-state index in [1.54, 1.807) is 6.92 Å². The van der Waals surface area contributed by atoms with Crippen molar-refractivity contribution < 1.29 is 27.5 Å². The Morgan fingerprint density at radius 3 is 2.45 bits per heavy atom. The van der Waals surface area contributed by atoms with Crippen LogP contribution in [0.5, 0.6) is 0 Å². The second-order valence-corrected chi connectivity index (χ2v) is 8.15. The molecule has 1 aliphatic rings. The fourth-order valence-electron chi connectivity index (χ4n) is 3.91. The number of carbonyl (C=O) groups excluding carboxylic acids is 1. The van der Waals surface area contributed by atoms with Crippen LogP contribution in [0.1, 0.15) is 41.8 Å². The highest BCUT2D eigenvalue weighted by atomic mass is 19.4. The summed E-state index contributed by atoms with van der Waals surface area (Å²) in [6, 6.07) is 7.18. The molecule has 0 spiro atoms. The van der Waals surface area contributed by atoms with Crippen LogP contribution in [-0.2, 0) is 12.1 Å². The number of pyridine rings is 1. The van der Waals surface area contributed by atoms with E-state index < -0.39 is 40.9 Å². The smallest absolute Gasteiger partial charge is 0.374 e. The number of imidazole rings is 1. The molecule has 0 saturated carbocycles. The summed E-state index contributed by atoms with van der Waals surface area (Å²) in [4.78, 5) is 30.7. The molecule has 1 aliphatic heterocycles. The lowest BCUT2D eigenvalue weighted by Crippen LogP contribution is -2.45. The SMILES string of the molecule is C[C@H]1CN(C(=O)c2ccc(=O)n(-c3ccc(F)cc3)c2)Cc2cnc(C(C)(O)C(F)(F)F)n21. The molecule has 33 heavy (non-hydrogen) atoms. The zero-order chi connectivity index (χ0) is 24.1. The van der Waals surface area contributed by atoms with Crippen LogP contribution < -0.4 is 5.56 Å². The summed E-state index contributed by atoms with van der Waals surface area (Å²) in [5.74, 6) is -1.44. The van der Waals surface area contributed by atoms with Crippen molar-refractivity contribution >= 4 is 5.91 Å². The largest absolute Gasteiger partial charge is 0.424 e. The second-order valence-electron chi connectivity index (χ2n) is 8.15. The minimum absolute atomic E-state index is 0.0280. The highest BCUT2D eigenvalue weighted by molar-refractivity contribution is 5.94. The highest BCUT2D eigenvalue weighted by Gasteiger charge is 2.55. The number of benzene rings is 1. The van der Waals surface area contributed by atoms with Crippen molar-refractivity contribution in [3.05, 3.63) is 82.0 Å². The van der Waals surface area contributed by atoms with Crippen molar-refractivity contribution in [1.29, 1.82) is 0 Å². The lowest BCUT2D eigenvalue weighted by molar-refractivity contribution is -0.263. The maximum atomic E-state index is 13.3. The first-order valence-electron chi connectivity index (χ1n) is 10.0. The average molecular weight is 464 g/mol. The van der Waals surface area contributed by atoms with Gasteiger partial charge in [-0.05, 0) is 44.2 Å². The van der Waals surface area contributed by atoms with Gasteiger partial charge in [0, 0.05) is 24.5 Å². The molecule has 1 aromatic carbocycles. The molecule has 1 amide bonds. The van der Waals surface area contributed by atoms with Gasteiger partial charge in [0.1, 0.15) is 5.82 Å². The highest BCUT2D eigenvalue weighted by Crippen LogP contribution is 2.40. The van der Waals surface area contributed by atoms with Gasteiger partial charge in [0.05, 0.1) is 30.0 Å². The number of aliphatic hydroxyl groups is 1. The summed E-state index contributed by atoms with van der Waals surface area (Å²) >= 11 is 0. The third-order valence-corrected chi connectivity index (χ3v) is 5.69. The van der Waals surface area contributed by atoms with E-state index in [0.29, 0.717) is 18.3 Å². The fraction of sp³-hybridized carbons (Fsp3) is 0.318. The van der Waals surface area contributed by atoms with Gasteiger partial charge in [-0.3, -0.25) is 14.2 Å². The van der Waals surface area contributed by atoms with Crippen LogP contribution in [-0.4, -0.2) is 42.8 Å². The van der Waals surface area contributed by atoms with E-state index in [0.717, 1.165) is 0 Å². The third kappa shape index (κ3) is 3.92. The topological polar surface area (TPSA) is 80.4 Å². The number of carbonyl (C=O) groups is 1. The Morgan fingerprint density at radius 1 is 1.15 bits per heavy atom. The van der Waals surface area contributed by atoms with Gasteiger partial charge in [-0.2, -0.15) is 13.2 Å². The number of aromatic nitrogens is 3. The number of halogens is 4. The quantitative estimate of drug-likeness (QED) is 0.604. The summed E-state index contributed by atoms with van der Waals surface area (Å²) in [6.45, 7) is 2.31. The van der Waals surface area contributed by atoms with Crippen LogP contribution in [0.3, 0.4) is 0 Å². The summed E-state index contributed by atoms with van der Waals surface area (Å²) in [7, 11) is 0. The molecule has 0 bridgehead atoms. The number of hydrogen-bond donors (Lipinski definition) is 1. The maximum Gasteiger partial charge on any atom is 0.424 e. The zero-order valence-electron chi connectivity index (χ0n) is 17.7. The van der Waals surface area contributed by atoms with Crippen LogP contribution in [0.2, 0.25) is 0 Å². The predicted octanol–water partition coefficient (Wildman–Crippen LogP) is 3.16. The van der Waals surface area contributed by atoms with Crippen molar-refractivity contribution in [2.45, 2.75) is 38.2 Å². The lowest BCUT2D eigenvalue weighted by atomic mass is 10.0. The van der Waals surface area contributed by atoms with Crippen LogP contribution >= 0.6 is 0 Å². The van der Waals surface area contributed by atoms with Crippen molar-refractivity contribution in [3.8, 4) is 5.69 Å². The number of hydrogen-bond acceptors (Lipinski definition) is 4. The lowest BCUT2D eigenvalue weighted by Gasteiger charge is -2.36. The van der Waals surface area contributed by atoms with E-state index in [1.165, 1.54) is 62.8 Å². The molecule has 174 valence electrons. The van der Waals surface area contributed by atoms with Crippen LogP contribution in [0.15, 0.2) is 53.6 Å². The van der Waals surface area contributed by atoms with Gasteiger partial charge in [0.15, 0.2) is 5.82 Å². The van der Waals surface area contributed by atoms with Crippen molar-refractivity contribution in [2.75, 3.05) is 6.54 Å². The molecule has 3 aromatic rings. The molecule has 0 saturated heterocycles. The molecule has 0 radical (unpaired) electrons. The fourth-order valence-corrected chi connectivity index (χ4v) is 3.91. The standard InChI is InChI=1S/C22H20F4N4O3/c1-13-10-28(12-17-9-27-20(30(13)17)21(2,33)22(24,25)26)19(32)14-3-8-18(31)29(11-14)16-6-4-15(23)5-7-16/h3-9,11,13,33H,10,12H2,1-2H3/t13-,21?/m0/s1. The number of amides is 1. The van der Waals surface area contributed by atoms with Gasteiger partial charge < -0.3 is 14.6 Å². The van der Waals surface area contributed by atoms with Crippen molar-refractivity contribution in [2.24, 2.45) is 0 Å². The maximum absolute atomic E-state index is 13.3. The summed E-state index contributed by atoms with van der Waals surface area (Å²) in [6.07, 6.45) is -2.37. The van der Waals surface area contributed by atoms with Crippen LogP contribution in [0.25, 0.3) is 5.69 Å². The molecular formula is C22H20F4N4O3. The molecule has 2 atom stereocenters. The summed E-state index contributed by atoms with van der Waals surface area (Å²) < 4.78 is 55.7. The normalized spacial score (nSPS) is 18.0. The van der Waals surface area contributed by atoms with Gasteiger partial charge in [-0.25, -0.2) is 9.37 Å². The van der Waals surface area contributed by atoms with E-state index in [1.807, 2.05) is 0 Å². The first kappa shape index (κ1) is 22.7. The van der Waals surface area contributed by atoms with E-state index in [-0.39, 0.29) is 18.7 Å². The van der Waals surface area contributed by atoms with E-state index in [2.05, 4.69) is 4.98 Å². The Hall–Kier alpha value is -3.47. The monoisotopic (exact) mass is 464 g/mol. The molecule has 1 N–H and O–H groups in total. The Bertz CT molecular complexity index is 1260. The molecule has 1 unspecified atom stereocenters. The number of rotatable bonds is 3. The van der Waals surface area contributed by atoms with E-state index in [4.69, 9.17) is 0 Å². The van der Waals surface area contributed by atoms with Crippen LogP contribution in [0.4, 0.5) is 17.6 Å². The van der Waals surface area contributed by atoms with Crippen molar-refractivity contribution in [1.82, 2.24) is 19.0 Å². The number of fused-ring (bicyclic) bond motifs is 1. The Labute approximate surface area is 185 Å². The van der Waals surface area contributed by atoms with Gasteiger partial charge >= 0.3 is 6.18 Å². The number of nitrogens with zero attached hydrogens (tertiary/aromatic N) is 4. The first-order chi connectivity index (χ1) is 15.4. The van der Waals surface area contributed by atoms with Gasteiger partial charge in [0.25, 0.3) is 11.5 Å². The third-order valence-electron chi connectivity index (χ3n) is 5.69. The Balaban J connectivity index is 1.64. The average Bonchev–Trinajstić information content (AvgIpc) is 3.19. The number of alkyl halides is 3.